The Bertz CT molecular complexity index is 452. The minimum atomic E-state index is -5.35. The standard InChI is InChI=1S/C8H4BF7O2/c10-5-2-3(7(11,12)13)1-4(8(14,15)16)6(5)9(17)18/h1-2,17-18H. The first-order valence-corrected chi connectivity index (χ1v) is 4.28. The number of halogens is 7. The van der Waals surface area contributed by atoms with Crippen LogP contribution in [0.25, 0.3) is 0 Å². The van der Waals surface area contributed by atoms with E-state index in [1.54, 1.807) is 0 Å². The molecule has 0 saturated heterocycles. The van der Waals surface area contributed by atoms with Gasteiger partial charge in [0.25, 0.3) is 0 Å². The van der Waals surface area contributed by atoms with Crippen LogP contribution in [0.3, 0.4) is 0 Å². The molecule has 10 heteroatoms. The van der Waals surface area contributed by atoms with Crippen LogP contribution in [0.4, 0.5) is 30.7 Å². The van der Waals surface area contributed by atoms with Crippen LogP contribution in [0.5, 0.6) is 0 Å². The molecule has 0 unspecified atom stereocenters. The minimum absolute atomic E-state index is 0.232. The second-order valence-corrected chi connectivity index (χ2v) is 3.29. The Hall–Kier alpha value is -1.29. The monoisotopic (exact) mass is 276 g/mol. The Balaban J connectivity index is 3.58. The van der Waals surface area contributed by atoms with Crippen LogP contribution in [-0.4, -0.2) is 17.2 Å². The third kappa shape index (κ3) is 2.93. The third-order valence-electron chi connectivity index (χ3n) is 2.02. The Kier molecular flexibility index (Phi) is 3.64. The predicted molar refractivity (Wildman–Crippen MR) is 46.2 cm³/mol. The van der Waals surface area contributed by atoms with Gasteiger partial charge in [-0.15, -0.1) is 0 Å². The molecule has 1 rings (SSSR count). The molecule has 0 aliphatic rings. The summed E-state index contributed by atoms with van der Waals surface area (Å²) in [6, 6.07) is -0.609. The van der Waals surface area contributed by atoms with Gasteiger partial charge in [-0.2, -0.15) is 26.3 Å². The van der Waals surface area contributed by atoms with E-state index in [-0.39, 0.29) is 12.1 Å². The van der Waals surface area contributed by atoms with Crippen molar-refractivity contribution in [2.45, 2.75) is 12.4 Å². The fraction of sp³-hybridized carbons (Fsp3) is 0.250. The smallest absolute Gasteiger partial charge is 0.423 e. The van der Waals surface area contributed by atoms with Crippen LogP contribution in [0.1, 0.15) is 11.1 Å². The molecule has 0 heterocycles. The number of hydrogen-bond acceptors (Lipinski definition) is 2. The summed E-state index contributed by atoms with van der Waals surface area (Å²) in [5.74, 6) is -1.99. The first-order chi connectivity index (χ1) is 7.94. The molecule has 0 aromatic heterocycles. The third-order valence-corrected chi connectivity index (χ3v) is 2.02. The van der Waals surface area contributed by atoms with Crippen LogP contribution in [0.2, 0.25) is 0 Å². The summed E-state index contributed by atoms with van der Waals surface area (Å²) in [5, 5.41) is 17.2. The van der Waals surface area contributed by atoms with Gasteiger partial charge in [0.2, 0.25) is 0 Å². The van der Waals surface area contributed by atoms with Gasteiger partial charge in [-0.05, 0) is 12.1 Å². The molecule has 18 heavy (non-hydrogen) atoms. The lowest BCUT2D eigenvalue weighted by Gasteiger charge is -2.16. The van der Waals surface area contributed by atoms with Gasteiger partial charge >= 0.3 is 19.5 Å². The van der Waals surface area contributed by atoms with Crippen LogP contribution < -0.4 is 5.46 Å². The highest BCUT2D eigenvalue weighted by Gasteiger charge is 2.42. The van der Waals surface area contributed by atoms with Crippen molar-refractivity contribution in [1.29, 1.82) is 0 Å². The molecule has 0 atom stereocenters. The molecular formula is C8H4BF7O2. The molecule has 0 spiro atoms. The molecule has 2 N–H and O–H groups in total. The fourth-order valence-corrected chi connectivity index (χ4v) is 1.28. The van der Waals surface area contributed by atoms with Crippen LogP contribution in [0.15, 0.2) is 12.1 Å². The van der Waals surface area contributed by atoms with E-state index in [1.165, 1.54) is 0 Å². The molecule has 0 aliphatic heterocycles. The molecular weight excluding hydrogens is 272 g/mol. The Morgan fingerprint density at radius 3 is 1.72 bits per heavy atom. The molecule has 0 fully saturated rings. The van der Waals surface area contributed by atoms with E-state index in [0.717, 1.165) is 0 Å². The van der Waals surface area contributed by atoms with E-state index < -0.39 is 41.9 Å². The summed E-state index contributed by atoms with van der Waals surface area (Å²) in [4.78, 5) is 0. The predicted octanol–water partition coefficient (Wildman–Crippen LogP) is 1.54. The van der Waals surface area contributed by atoms with E-state index >= 15 is 0 Å². The highest BCUT2D eigenvalue weighted by atomic mass is 19.4. The van der Waals surface area contributed by atoms with Gasteiger partial charge in [-0.3, -0.25) is 0 Å². The molecule has 100 valence electrons. The van der Waals surface area contributed by atoms with Crippen molar-refractivity contribution < 1.29 is 40.8 Å². The lowest BCUT2D eigenvalue weighted by atomic mass is 9.75. The van der Waals surface area contributed by atoms with Crippen molar-refractivity contribution in [3.63, 3.8) is 0 Å². The van der Waals surface area contributed by atoms with Gasteiger partial charge in [0.1, 0.15) is 5.82 Å². The maximum atomic E-state index is 13.1. The highest BCUT2D eigenvalue weighted by molar-refractivity contribution is 6.59. The molecule has 0 aliphatic carbocycles. The maximum absolute atomic E-state index is 13.1. The van der Waals surface area contributed by atoms with E-state index in [2.05, 4.69) is 0 Å². The van der Waals surface area contributed by atoms with Gasteiger partial charge in [0.15, 0.2) is 0 Å². The molecule has 0 amide bonds. The summed E-state index contributed by atoms with van der Waals surface area (Å²) in [6.45, 7) is 0. The molecule has 0 radical (unpaired) electrons. The lowest BCUT2D eigenvalue weighted by Crippen LogP contribution is -2.39. The highest BCUT2D eigenvalue weighted by Crippen LogP contribution is 2.35. The zero-order chi connectivity index (χ0) is 14.3. The van der Waals surface area contributed by atoms with Gasteiger partial charge in [-0.1, -0.05) is 0 Å². The molecule has 0 saturated carbocycles. The fourth-order valence-electron chi connectivity index (χ4n) is 1.28. The second kappa shape index (κ2) is 4.43. The Labute approximate surface area is 95.8 Å². The first kappa shape index (κ1) is 14.8. The summed E-state index contributed by atoms with van der Waals surface area (Å²) >= 11 is 0. The van der Waals surface area contributed by atoms with Crippen molar-refractivity contribution in [3.8, 4) is 0 Å². The second-order valence-electron chi connectivity index (χ2n) is 3.29. The number of benzene rings is 1. The zero-order valence-electron chi connectivity index (χ0n) is 8.27. The molecule has 2 nitrogen and oxygen atoms in total. The average molecular weight is 276 g/mol. The van der Waals surface area contributed by atoms with Gasteiger partial charge < -0.3 is 10.0 Å². The van der Waals surface area contributed by atoms with Crippen molar-refractivity contribution in [2.75, 3.05) is 0 Å². The molecule has 1 aromatic carbocycles. The number of alkyl halides is 6. The van der Waals surface area contributed by atoms with Gasteiger partial charge in [0, 0.05) is 5.46 Å². The van der Waals surface area contributed by atoms with E-state index in [1.807, 2.05) is 0 Å². The minimum Gasteiger partial charge on any atom is -0.423 e. The van der Waals surface area contributed by atoms with Crippen LogP contribution in [0, 0.1) is 5.82 Å². The van der Waals surface area contributed by atoms with Crippen molar-refractivity contribution >= 4 is 12.6 Å². The summed E-state index contributed by atoms with van der Waals surface area (Å²) in [7, 11) is -2.87. The first-order valence-electron chi connectivity index (χ1n) is 4.28. The quantitative estimate of drug-likeness (QED) is 0.603. The summed E-state index contributed by atoms with van der Waals surface area (Å²) in [6.07, 6.45) is -10.5. The van der Waals surface area contributed by atoms with Crippen molar-refractivity contribution in [3.05, 3.63) is 29.1 Å². The van der Waals surface area contributed by atoms with Crippen LogP contribution in [-0.2, 0) is 12.4 Å². The largest absolute Gasteiger partial charge is 0.492 e. The zero-order valence-corrected chi connectivity index (χ0v) is 8.27. The number of rotatable bonds is 1. The lowest BCUT2D eigenvalue weighted by molar-refractivity contribution is -0.142. The Morgan fingerprint density at radius 1 is 0.889 bits per heavy atom. The normalized spacial score (nSPS) is 12.7. The average Bonchev–Trinajstić information content (AvgIpc) is 2.12. The molecule has 1 aromatic rings. The topological polar surface area (TPSA) is 40.5 Å². The number of hydrogen-bond donors (Lipinski definition) is 2. The van der Waals surface area contributed by atoms with E-state index in [4.69, 9.17) is 10.0 Å². The van der Waals surface area contributed by atoms with Crippen molar-refractivity contribution in [2.24, 2.45) is 0 Å². The van der Waals surface area contributed by atoms with Gasteiger partial charge in [0.05, 0.1) is 11.1 Å². The molecule has 0 bridgehead atoms. The van der Waals surface area contributed by atoms with E-state index in [0.29, 0.717) is 0 Å². The van der Waals surface area contributed by atoms with Crippen LogP contribution >= 0.6 is 0 Å². The van der Waals surface area contributed by atoms with Gasteiger partial charge in [-0.25, -0.2) is 4.39 Å². The Morgan fingerprint density at radius 2 is 1.39 bits per heavy atom. The maximum Gasteiger partial charge on any atom is 0.492 e. The SMILES string of the molecule is OB(O)c1c(F)cc(C(F)(F)F)cc1C(F)(F)F. The summed E-state index contributed by atoms with van der Waals surface area (Å²) in [5.41, 5.74) is -5.59. The summed E-state index contributed by atoms with van der Waals surface area (Å²) < 4.78 is 86.9. The van der Waals surface area contributed by atoms with E-state index in [9.17, 15) is 30.7 Å². The van der Waals surface area contributed by atoms with Crippen molar-refractivity contribution in [1.82, 2.24) is 0 Å².